The van der Waals surface area contributed by atoms with Crippen molar-refractivity contribution in [2.75, 3.05) is 13.1 Å². The number of tetrazole rings is 1. The van der Waals surface area contributed by atoms with Crippen LogP contribution in [0.2, 0.25) is 0 Å². The molecule has 0 saturated carbocycles. The van der Waals surface area contributed by atoms with Crippen LogP contribution in [0.5, 0.6) is 0 Å². The van der Waals surface area contributed by atoms with Gasteiger partial charge in [-0.3, -0.25) is 4.79 Å². The Morgan fingerprint density at radius 1 is 1.48 bits per heavy atom. The van der Waals surface area contributed by atoms with Gasteiger partial charge >= 0.3 is 0 Å². The van der Waals surface area contributed by atoms with Crippen molar-refractivity contribution in [3.8, 4) is 0 Å². The molecule has 0 bridgehead atoms. The second kappa shape index (κ2) is 5.55. The number of nitrogens with zero attached hydrogens (tertiary/aromatic N) is 4. The third-order valence-electron chi connectivity index (χ3n) is 4.40. The first-order valence-corrected chi connectivity index (χ1v) is 8.04. The van der Waals surface area contributed by atoms with Crippen molar-refractivity contribution < 1.29 is 4.79 Å². The molecule has 1 N–H and O–H groups in total. The van der Waals surface area contributed by atoms with Crippen LogP contribution in [0.15, 0.2) is 17.5 Å². The molecule has 1 amide bonds. The van der Waals surface area contributed by atoms with Gasteiger partial charge in [-0.2, -0.15) is 5.21 Å². The average molecular weight is 305 g/mol. The highest BCUT2D eigenvalue weighted by molar-refractivity contribution is 7.10. The standard InChI is InChI=1S/C14H19N5OS/c1-10(11-4-3-9-21-11)12(20)19-7-5-14(2,6-8-19)13-15-17-18-16-13/h3-4,9-10H,5-8H2,1-2H3,(H,15,16,17,18). The van der Waals surface area contributed by atoms with E-state index in [1.165, 1.54) is 0 Å². The van der Waals surface area contributed by atoms with E-state index in [1.54, 1.807) is 11.3 Å². The van der Waals surface area contributed by atoms with Gasteiger partial charge in [-0.1, -0.05) is 18.2 Å². The second-order valence-electron chi connectivity index (χ2n) is 5.86. The molecule has 1 aliphatic rings. The molecule has 0 radical (unpaired) electrons. The number of hydrogen-bond donors (Lipinski definition) is 1. The number of thiophene rings is 1. The van der Waals surface area contributed by atoms with E-state index >= 15 is 0 Å². The Balaban J connectivity index is 1.64. The molecule has 1 atom stereocenters. The van der Waals surface area contributed by atoms with Gasteiger partial charge < -0.3 is 4.90 Å². The fourth-order valence-electron chi connectivity index (χ4n) is 2.79. The summed E-state index contributed by atoms with van der Waals surface area (Å²) in [6.07, 6.45) is 1.74. The van der Waals surface area contributed by atoms with Crippen LogP contribution in [-0.2, 0) is 10.2 Å². The van der Waals surface area contributed by atoms with Crippen LogP contribution in [0.1, 0.15) is 43.3 Å². The number of likely N-dealkylation sites (tertiary alicyclic amines) is 1. The van der Waals surface area contributed by atoms with E-state index in [0.29, 0.717) is 0 Å². The Labute approximate surface area is 127 Å². The predicted octanol–water partition coefficient (Wildman–Crippen LogP) is 1.94. The largest absolute Gasteiger partial charge is 0.342 e. The number of amides is 1. The van der Waals surface area contributed by atoms with Crippen molar-refractivity contribution in [1.82, 2.24) is 25.5 Å². The number of nitrogens with one attached hydrogen (secondary N) is 1. The Kier molecular flexibility index (Phi) is 3.75. The number of carbonyl (C=O) groups excluding carboxylic acids is 1. The lowest BCUT2D eigenvalue weighted by Gasteiger charge is -2.38. The summed E-state index contributed by atoms with van der Waals surface area (Å²) in [6.45, 7) is 5.63. The van der Waals surface area contributed by atoms with Crippen LogP contribution < -0.4 is 0 Å². The number of piperidine rings is 1. The molecule has 0 spiro atoms. The quantitative estimate of drug-likeness (QED) is 0.940. The first kappa shape index (κ1) is 14.2. The van der Waals surface area contributed by atoms with Gasteiger partial charge in [0.1, 0.15) is 0 Å². The third-order valence-corrected chi connectivity index (χ3v) is 5.46. The summed E-state index contributed by atoms with van der Waals surface area (Å²) >= 11 is 1.64. The van der Waals surface area contributed by atoms with Gasteiger partial charge in [0, 0.05) is 23.4 Å². The summed E-state index contributed by atoms with van der Waals surface area (Å²) in [5, 5.41) is 16.4. The zero-order valence-corrected chi connectivity index (χ0v) is 13.1. The molecule has 0 aromatic carbocycles. The zero-order chi connectivity index (χ0) is 14.9. The molecular formula is C14H19N5OS. The maximum absolute atomic E-state index is 12.6. The van der Waals surface area contributed by atoms with Crippen molar-refractivity contribution in [1.29, 1.82) is 0 Å². The fourth-order valence-corrected chi connectivity index (χ4v) is 3.57. The first-order chi connectivity index (χ1) is 10.1. The summed E-state index contributed by atoms with van der Waals surface area (Å²) in [4.78, 5) is 15.7. The van der Waals surface area contributed by atoms with Crippen LogP contribution in [0, 0.1) is 0 Å². The highest BCUT2D eigenvalue weighted by atomic mass is 32.1. The van der Waals surface area contributed by atoms with E-state index < -0.39 is 0 Å². The van der Waals surface area contributed by atoms with Gasteiger partial charge in [-0.25, -0.2) is 0 Å². The first-order valence-electron chi connectivity index (χ1n) is 7.16. The molecule has 3 rings (SSSR count). The molecule has 1 unspecified atom stereocenters. The normalized spacial score (nSPS) is 19.4. The number of aromatic amines is 1. The maximum atomic E-state index is 12.6. The summed E-state index contributed by atoms with van der Waals surface area (Å²) in [7, 11) is 0. The number of hydrogen-bond acceptors (Lipinski definition) is 5. The molecule has 21 heavy (non-hydrogen) atoms. The highest BCUT2D eigenvalue weighted by Gasteiger charge is 2.37. The molecule has 0 aliphatic carbocycles. The molecular weight excluding hydrogens is 286 g/mol. The smallest absolute Gasteiger partial charge is 0.230 e. The topological polar surface area (TPSA) is 74.8 Å². The van der Waals surface area contributed by atoms with E-state index in [-0.39, 0.29) is 17.2 Å². The predicted molar refractivity (Wildman–Crippen MR) is 80.1 cm³/mol. The molecule has 1 saturated heterocycles. The Morgan fingerprint density at radius 2 is 2.24 bits per heavy atom. The fraction of sp³-hybridized carbons (Fsp3) is 0.571. The molecule has 1 fully saturated rings. The molecule has 3 heterocycles. The minimum atomic E-state index is -0.0874. The van der Waals surface area contributed by atoms with Gasteiger partial charge in [0.25, 0.3) is 0 Å². The lowest BCUT2D eigenvalue weighted by atomic mass is 9.79. The van der Waals surface area contributed by atoms with Crippen LogP contribution >= 0.6 is 11.3 Å². The number of rotatable bonds is 3. The van der Waals surface area contributed by atoms with Crippen LogP contribution in [0.25, 0.3) is 0 Å². The lowest BCUT2D eigenvalue weighted by Crippen LogP contribution is -2.45. The molecule has 7 heteroatoms. The van der Waals surface area contributed by atoms with Crippen molar-refractivity contribution in [2.24, 2.45) is 0 Å². The Hall–Kier alpha value is -1.76. The summed E-state index contributed by atoms with van der Waals surface area (Å²) in [5.41, 5.74) is -0.0874. The van der Waals surface area contributed by atoms with E-state index in [0.717, 1.165) is 36.6 Å². The lowest BCUT2D eigenvalue weighted by molar-refractivity contribution is -0.134. The van der Waals surface area contributed by atoms with Gasteiger partial charge in [-0.15, -0.1) is 21.5 Å². The van der Waals surface area contributed by atoms with Gasteiger partial charge in [-0.05, 0) is 31.2 Å². The number of H-pyrrole nitrogens is 1. The molecule has 112 valence electrons. The number of aromatic nitrogens is 4. The van der Waals surface area contributed by atoms with E-state index in [9.17, 15) is 4.79 Å². The van der Waals surface area contributed by atoms with Crippen molar-refractivity contribution >= 4 is 17.2 Å². The zero-order valence-electron chi connectivity index (χ0n) is 12.2. The van der Waals surface area contributed by atoms with Gasteiger partial charge in [0.2, 0.25) is 5.91 Å². The van der Waals surface area contributed by atoms with Crippen molar-refractivity contribution in [3.05, 3.63) is 28.2 Å². The minimum absolute atomic E-state index is 0.0560. The Bertz CT molecular complexity index is 587. The molecule has 1 aliphatic heterocycles. The van der Waals surface area contributed by atoms with E-state index in [4.69, 9.17) is 0 Å². The van der Waals surface area contributed by atoms with Gasteiger partial charge in [0.05, 0.1) is 5.92 Å². The van der Waals surface area contributed by atoms with Crippen LogP contribution in [-0.4, -0.2) is 44.5 Å². The second-order valence-corrected chi connectivity index (χ2v) is 6.84. The molecule has 2 aromatic heterocycles. The number of carbonyl (C=O) groups is 1. The van der Waals surface area contributed by atoms with E-state index in [1.807, 2.05) is 29.3 Å². The minimum Gasteiger partial charge on any atom is -0.342 e. The van der Waals surface area contributed by atoms with Crippen molar-refractivity contribution in [2.45, 2.75) is 38.0 Å². The van der Waals surface area contributed by atoms with Crippen LogP contribution in [0.3, 0.4) is 0 Å². The summed E-state index contributed by atoms with van der Waals surface area (Å²) < 4.78 is 0. The average Bonchev–Trinajstić information content (AvgIpc) is 3.19. The maximum Gasteiger partial charge on any atom is 0.230 e. The monoisotopic (exact) mass is 305 g/mol. The van der Waals surface area contributed by atoms with E-state index in [2.05, 4.69) is 27.5 Å². The molecule has 2 aromatic rings. The summed E-state index contributed by atoms with van der Waals surface area (Å²) in [6, 6.07) is 4.02. The molecule has 6 nitrogen and oxygen atoms in total. The third kappa shape index (κ3) is 2.70. The van der Waals surface area contributed by atoms with Crippen LogP contribution in [0.4, 0.5) is 0 Å². The summed E-state index contributed by atoms with van der Waals surface area (Å²) in [5.74, 6) is 0.910. The van der Waals surface area contributed by atoms with Crippen molar-refractivity contribution in [3.63, 3.8) is 0 Å². The SMILES string of the molecule is CC(C(=O)N1CCC(C)(c2nn[nH]n2)CC1)c1cccs1. The Morgan fingerprint density at radius 3 is 2.81 bits per heavy atom. The highest BCUT2D eigenvalue weighted by Crippen LogP contribution is 2.33. The van der Waals surface area contributed by atoms with Gasteiger partial charge in [0.15, 0.2) is 5.82 Å².